The highest BCUT2D eigenvalue weighted by Gasteiger charge is 2.21. The molecule has 2 rings (SSSR count). The Morgan fingerprint density at radius 1 is 1.20 bits per heavy atom. The van der Waals surface area contributed by atoms with E-state index in [0.717, 1.165) is 16.3 Å². The molecule has 0 spiro atoms. The molecule has 7 nitrogen and oxygen atoms in total. The zero-order valence-electron chi connectivity index (χ0n) is 18.7. The summed E-state index contributed by atoms with van der Waals surface area (Å²) in [5, 5.41) is 12.6. The topological polar surface area (TPSA) is 87.6 Å². The van der Waals surface area contributed by atoms with E-state index in [1.807, 2.05) is 51.1 Å². The molecule has 2 aromatic rings. The SMILES string of the molecule is CN=C(NCc1nc(C(C)C)cs1)NCC(NC(=O)OC(C)(C)C)c1ccccc1. The lowest BCUT2D eigenvalue weighted by Crippen LogP contribution is -2.44. The average Bonchev–Trinajstić information content (AvgIpc) is 3.16. The van der Waals surface area contributed by atoms with Crippen molar-refractivity contribution >= 4 is 23.4 Å². The Morgan fingerprint density at radius 2 is 1.90 bits per heavy atom. The maximum atomic E-state index is 12.3. The van der Waals surface area contributed by atoms with Crippen molar-refractivity contribution in [3.8, 4) is 0 Å². The zero-order valence-corrected chi connectivity index (χ0v) is 19.5. The van der Waals surface area contributed by atoms with Gasteiger partial charge in [0.15, 0.2) is 5.96 Å². The zero-order chi connectivity index (χ0) is 22.1. The largest absolute Gasteiger partial charge is 0.444 e. The minimum Gasteiger partial charge on any atom is -0.444 e. The van der Waals surface area contributed by atoms with Crippen molar-refractivity contribution in [1.82, 2.24) is 20.9 Å². The number of alkyl carbamates (subject to hydrolysis) is 1. The van der Waals surface area contributed by atoms with Crippen molar-refractivity contribution in [3.05, 3.63) is 52.0 Å². The van der Waals surface area contributed by atoms with E-state index in [9.17, 15) is 4.79 Å². The number of ether oxygens (including phenoxy) is 1. The van der Waals surface area contributed by atoms with Crippen molar-refractivity contribution in [1.29, 1.82) is 0 Å². The second kappa shape index (κ2) is 11.0. The Balaban J connectivity index is 1.97. The standard InChI is InChI=1S/C22H33N5O2S/c1-15(2)18-14-30-19(26-18)13-25-20(23-6)24-12-17(16-10-8-7-9-11-16)27-21(28)29-22(3,4)5/h7-11,14-15,17H,12-13H2,1-6H3,(H,27,28)(H2,23,24,25). The summed E-state index contributed by atoms with van der Waals surface area (Å²) in [4.78, 5) is 21.2. The van der Waals surface area contributed by atoms with Crippen LogP contribution in [0.3, 0.4) is 0 Å². The Labute approximate surface area is 183 Å². The molecule has 1 unspecified atom stereocenters. The summed E-state index contributed by atoms with van der Waals surface area (Å²) in [6.45, 7) is 10.8. The molecule has 0 aliphatic carbocycles. The third-order valence-electron chi connectivity index (χ3n) is 4.16. The molecule has 164 valence electrons. The normalized spacial score (nSPS) is 13.1. The molecule has 0 saturated heterocycles. The molecule has 1 aromatic heterocycles. The van der Waals surface area contributed by atoms with Crippen molar-refractivity contribution in [2.45, 2.75) is 58.7 Å². The molecule has 1 aromatic carbocycles. The molecule has 3 N–H and O–H groups in total. The van der Waals surface area contributed by atoms with E-state index >= 15 is 0 Å². The monoisotopic (exact) mass is 431 g/mol. The molecule has 1 amide bonds. The first-order valence-corrected chi connectivity index (χ1v) is 11.0. The number of aliphatic imine (C=N–C) groups is 1. The summed E-state index contributed by atoms with van der Waals surface area (Å²) in [6.07, 6.45) is -0.454. The summed E-state index contributed by atoms with van der Waals surface area (Å²) in [7, 11) is 1.72. The van der Waals surface area contributed by atoms with Crippen LogP contribution in [0.2, 0.25) is 0 Å². The van der Waals surface area contributed by atoms with Gasteiger partial charge < -0.3 is 20.7 Å². The van der Waals surface area contributed by atoms with E-state index in [0.29, 0.717) is 25.0 Å². The van der Waals surface area contributed by atoms with Crippen LogP contribution >= 0.6 is 11.3 Å². The van der Waals surface area contributed by atoms with Crippen LogP contribution < -0.4 is 16.0 Å². The fourth-order valence-electron chi connectivity index (χ4n) is 2.64. The van der Waals surface area contributed by atoms with Crippen LogP contribution in [0.25, 0.3) is 0 Å². The van der Waals surface area contributed by atoms with Crippen LogP contribution in [0.1, 0.15) is 62.8 Å². The number of carbonyl (C=O) groups excluding carboxylic acids is 1. The van der Waals surface area contributed by atoms with E-state index < -0.39 is 11.7 Å². The van der Waals surface area contributed by atoms with Gasteiger partial charge in [0.25, 0.3) is 0 Å². The van der Waals surface area contributed by atoms with Crippen LogP contribution in [0.15, 0.2) is 40.7 Å². The number of thiazole rings is 1. The van der Waals surface area contributed by atoms with Gasteiger partial charge in [-0.15, -0.1) is 11.3 Å². The fraction of sp³-hybridized carbons (Fsp3) is 0.500. The third kappa shape index (κ3) is 8.02. The van der Waals surface area contributed by atoms with Crippen molar-refractivity contribution in [2.75, 3.05) is 13.6 Å². The molecule has 0 aliphatic heterocycles. The van der Waals surface area contributed by atoms with Gasteiger partial charge in [0.1, 0.15) is 10.6 Å². The summed E-state index contributed by atoms with van der Waals surface area (Å²) < 4.78 is 5.42. The van der Waals surface area contributed by atoms with Crippen LogP contribution in [0, 0.1) is 0 Å². The third-order valence-corrected chi connectivity index (χ3v) is 5.03. The number of benzene rings is 1. The minimum absolute atomic E-state index is 0.271. The van der Waals surface area contributed by atoms with Gasteiger partial charge in [-0.2, -0.15) is 0 Å². The van der Waals surface area contributed by atoms with Gasteiger partial charge in [-0.05, 0) is 32.3 Å². The lowest BCUT2D eigenvalue weighted by Gasteiger charge is -2.24. The highest BCUT2D eigenvalue weighted by molar-refractivity contribution is 7.09. The first-order valence-electron chi connectivity index (χ1n) is 10.1. The molecular formula is C22H33N5O2S. The Kier molecular flexibility index (Phi) is 8.65. The number of nitrogens with one attached hydrogen (secondary N) is 3. The maximum absolute atomic E-state index is 12.3. The second-order valence-electron chi connectivity index (χ2n) is 8.24. The van der Waals surface area contributed by atoms with Gasteiger partial charge in [-0.25, -0.2) is 9.78 Å². The van der Waals surface area contributed by atoms with Crippen LogP contribution in [-0.2, 0) is 11.3 Å². The first-order chi connectivity index (χ1) is 14.2. The molecule has 0 radical (unpaired) electrons. The van der Waals surface area contributed by atoms with E-state index in [1.165, 1.54) is 0 Å². The van der Waals surface area contributed by atoms with Gasteiger partial charge in [0.2, 0.25) is 0 Å². The van der Waals surface area contributed by atoms with Gasteiger partial charge in [-0.1, -0.05) is 44.2 Å². The number of carbonyl (C=O) groups is 1. The smallest absolute Gasteiger partial charge is 0.408 e. The Bertz CT molecular complexity index is 828. The van der Waals surface area contributed by atoms with E-state index in [4.69, 9.17) is 4.74 Å². The Hall–Kier alpha value is -2.61. The Morgan fingerprint density at radius 3 is 2.47 bits per heavy atom. The van der Waals surface area contributed by atoms with Crippen LogP contribution in [0.4, 0.5) is 4.79 Å². The van der Waals surface area contributed by atoms with Crippen molar-refractivity contribution < 1.29 is 9.53 Å². The second-order valence-corrected chi connectivity index (χ2v) is 9.18. The quantitative estimate of drug-likeness (QED) is 0.452. The molecule has 30 heavy (non-hydrogen) atoms. The van der Waals surface area contributed by atoms with Crippen LogP contribution in [-0.4, -0.2) is 36.2 Å². The summed E-state index contributed by atoms with van der Waals surface area (Å²) in [5.74, 6) is 1.06. The highest BCUT2D eigenvalue weighted by atomic mass is 32.1. The van der Waals surface area contributed by atoms with E-state index in [1.54, 1.807) is 18.4 Å². The first kappa shape index (κ1) is 23.7. The number of amides is 1. The predicted molar refractivity (Wildman–Crippen MR) is 123 cm³/mol. The molecule has 0 saturated carbocycles. The highest BCUT2D eigenvalue weighted by Crippen LogP contribution is 2.17. The molecule has 0 bridgehead atoms. The number of hydrogen-bond acceptors (Lipinski definition) is 5. The van der Waals surface area contributed by atoms with Gasteiger partial charge in [-0.3, -0.25) is 4.99 Å². The minimum atomic E-state index is -0.557. The van der Waals surface area contributed by atoms with E-state index in [2.05, 4.69) is 45.2 Å². The predicted octanol–water partition coefficient (Wildman–Crippen LogP) is 4.20. The average molecular weight is 432 g/mol. The maximum Gasteiger partial charge on any atom is 0.408 e. The number of guanidine groups is 1. The molecular weight excluding hydrogens is 398 g/mol. The van der Waals surface area contributed by atoms with Gasteiger partial charge >= 0.3 is 6.09 Å². The van der Waals surface area contributed by atoms with Crippen molar-refractivity contribution in [3.63, 3.8) is 0 Å². The molecule has 0 fully saturated rings. The number of rotatable bonds is 7. The lowest BCUT2D eigenvalue weighted by atomic mass is 10.1. The molecule has 1 atom stereocenters. The molecule has 8 heteroatoms. The summed E-state index contributed by atoms with van der Waals surface area (Å²) in [6, 6.07) is 9.52. The molecule has 1 heterocycles. The lowest BCUT2D eigenvalue weighted by molar-refractivity contribution is 0.0504. The number of nitrogens with zero attached hydrogens (tertiary/aromatic N) is 2. The summed E-state index contributed by atoms with van der Waals surface area (Å²) in [5.41, 5.74) is 1.53. The van der Waals surface area contributed by atoms with Gasteiger partial charge in [0, 0.05) is 19.0 Å². The molecule has 0 aliphatic rings. The number of aromatic nitrogens is 1. The van der Waals surface area contributed by atoms with Crippen LogP contribution in [0.5, 0.6) is 0 Å². The fourth-order valence-corrected chi connectivity index (χ4v) is 3.53. The van der Waals surface area contributed by atoms with E-state index in [-0.39, 0.29) is 6.04 Å². The summed E-state index contributed by atoms with van der Waals surface area (Å²) >= 11 is 1.64. The number of hydrogen-bond donors (Lipinski definition) is 3. The van der Waals surface area contributed by atoms with Gasteiger partial charge in [0.05, 0.1) is 18.3 Å². The van der Waals surface area contributed by atoms with Crippen molar-refractivity contribution in [2.24, 2.45) is 4.99 Å².